The summed E-state index contributed by atoms with van der Waals surface area (Å²) in [4.78, 5) is 18.9. The lowest BCUT2D eigenvalue weighted by Crippen LogP contribution is -2.57. The maximum Gasteiger partial charge on any atom is 0.242 e. The van der Waals surface area contributed by atoms with Crippen LogP contribution in [0.15, 0.2) is 4.52 Å². The van der Waals surface area contributed by atoms with Crippen molar-refractivity contribution in [1.29, 1.82) is 0 Å². The van der Waals surface area contributed by atoms with E-state index in [1.165, 1.54) is 6.42 Å². The van der Waals surface area contributed by atoms with Crippen molar-refractivity contribution in [2.75, 3.05) is 13.1 Å². The predicted molar refractivity (Wildman–Crippen MR) is 84.8 cm³/mol. The van der Waals surface area contributed by atoms with Crippen LogP contribution < -0.4 is 5.73 Å². The number of nitrogens with zero attached hydrogens (tertiary/aromatic N) is 3. The maximum absolute atomic E-state index is 12.7. The zero-order valence-corrected chi connectivity index (χ0v) is 13.9. The molecule has 0 bridgehead atoms. The standard InChI is InChI=1S/C15H24N4O2.ClH/c1-11-17-13(21-18-11)12-5-9-19(10-6-12)14(20)15(16)7-3-2-4-8-15;/h12H,2-10,16H2,1H3;1H. The molecule has 2 fully saturated rings. The summed E-state index contributed by atoms with van der Waals surface area (Å²) in [6.07, 6.45) is 6.75. The van der Waals surface area contributed by atoms with Crippen LogP contribution in [-0.2, 0) is 4.79 Å². The van der Waals surface area contributed by atoms with E-state index in [0.717, 1.165) is 51.6 Å². The first kappa shape index (κ1) is 17.2. The second-order valence-electron chi connectivity index (χ2n) is 6.46. The number of halogens is 1. The molecule has 22 heavy (non-hydrogen) atoms. The average molecular weight is 329 g/mol. The molecule has 0 unspecified atom stereocenters. The summed E-state index contributed by atoms with van der Waals surface area (Å²) in [6, 6.07) is 0. The molecule has 0 aromatic carbocycles. The van der Waals surface area contributed by atoms with Gasteiger partial charge in [-0.1, -0.05) is 24.4 Å². The Morgan fingerprint density at radius 1 is 1.27 bits per heavy atom. The molecule has 6 nitrogen and oxygen atoms in total. The molecule has 1 saturated carbocycles. The molecule has 2 heterocycles. The van der Waals surface area contributed by atoms with E-state index in [4.69, 9.17) is 10.3 Å². The van der Waals surface area contributed by atoms with E-state index in [-0.39, 0.29) is 24.2 Å². The Balaban J connectivity index is 0.00000176. The van der Waals surface area contributed by atoms with E-state index in [1.54, 1.807) is 0 Å². The summed E-state index contributed by atoms with van der Waals surface area (Å²) >= 11 is 0. The lowest BCUT2D eigenvalue weighted by molar-refractivity contribution is -0.139. The fourth-order valence-electron chi connectivity index (χ4n) is 3.52. The second kappa shape index (κ2) is 6.96. The normalized spacial score (nSPS) is 22.2. The number of carbonyl (C=O) groups excluding carboxylic acids is 1. The number of hydrogen-bond donors (Lipinski definition) is 1. The number of amides is 1. The van der Waals surface area contributed by atoms with E-state index >= 15 is 0 Å². The van der Waals surface area contributed by atoms with Crippen LogP contribution in [0.3, 0.4) is 0 Å². The Bertz CT molecular complexity index is 505. The van der Waals surface area contributed by atoms with E-state index in [1.807, 2.05) is 11.8 Å². The molecule has 2 aliphatic rings. The molecule has 1 aromatic rings. The Kier molecular flexibility index (Phi) is 5.45. The third-order valence-corrected chi connectivity index (χ3v) is 4.85. The zero-order valence-electron chi connectivity index (χ0n) is 13.1. The maximum atomic E-state index is 12.7. The molecule has 1 aliphatic carbocycles. The van der Waals surface area contributed by atoms with Gasteiger partial charge in [-0.05, 0) is 32.6 Å². The van der Waals surface area contributed by atoms with Gasteiger partial charge < -0.3 is 15.2 Å². The Morgan fingerprint density at radius 2 is 1.91 bits per heavy atom. The van der Waals surface area contributed by atoms with E-state index < -0.39 is 5.54 Å². The van der Waals surface area contributed by atoms with Crippen molar-refractivity contribution in [3.63, 3.8) is 0 Å². The molecule has 1 aliphatic heterocycles. The smallest absolute Gasteiger partial charge is 0.242 e. The third kappa shape index (κ3) is 3.43. The molecular formula is C15H25ClN4O2. The molecular weight excluding hydrogens is 304 g/mol. The van der Waals surface area contributed by atoms with Crippen LogP contribution in [0, 0.1) is 6.92 Å². The van der Waals surface area contributed by atoms with Gasteiger partial charge in [0.2, 0.25) is 11.8 Å². The summed E-state index contributed by atoms with van der Waals surface area (Å²) in [5.74, 6) is 1.80. The van der Waals surface area contributed by atoms with E-state index in [0.29, 0.717) is 11.7 Å². The highest BCUT2D eigenvalue weighted by molar-refractivity contribution is 5.86. The minimum absolute atomic E-state index is 0. The summed E-state index contributed by atoms with van der Waals surface area (Å²) in [5.41, 5.74) is 5.73. The lowest BCUT2D eigenvalue weighted by Gasteiger charge is -2.39. The van der Waals surface area contributed by atoms with Gasteiger partial charge in [0.05, 0.1) is 5.54 Å². The monoisotopic (exact) mass is 328 g/mol. The number of carbonyl (C=O) groups is 1. The highest BCUT2D eigenvalue weighted by atomic mass is 35.5. The fraction of sp³-hybridized carbons (Fsp3) is 0.800. The van der Waals surface area contributed by atoms with Gasteiger partial charge in [0, 0.05) is 19.0 Å². The van der Waals surface area contributed by atoms with Gasteiger partial charge in [0.15, 0.2) is 5.82 Å². The van der Waals surface area contributed by atoms with Crippen molar-refractivity contribution in [3.8, 4) is 0 Å². The molecule has 0 radical (unpaired) electrons. The van der Waals surface area contributed by atoms with Gasteiger partial charge in [0.25, 0.3) is 0 Å². The molecule has 1 aromatic heterocycles. The molecule has 7 heteroatoms. The Hall–Kier alpha value is -1.14. The number of piperidine rings is 1. The van der Waals surface area contributed by atoms with Gasteiger partial charge in [-0.25, -0.2) is 0 Å². The number of rotatable bonds is 2. The van der Waals surface area contributed by atoms with Crippen molar-refractivity contribution >= 4 is 18.3 Å². The third-order valence-electron chi connectivity index (χ3n) is 4.85. The van der Waals surface area contributed by atoms with Crippen molar-refractivity contribution in [2.24, 2.45) is 5.73 Å². The van der Waals surface area contributed by atoms with Gasteiger partial charge in [0.1, 0.15) is 0 Å². The van der Waals surface area contributed by atoms with E-state index in [9.17, 15) is 4.79 Å². The van der Waals surface area contributed by atoms with Crippen LogP contribution >= 0.6 is 12.4 Å². The van der Waals surface area contributed by atoms with Gasteiger partial charge in [-0.15, -0.1) is 12.4 Å². The number of aryl methyl sites for hydroxylation is 1. The molecule has 0 atom stereocenters. The summed E-state index contributed by atoms with van der Waals surface area (Å²) < 4.78 is 5.25. The summed E-state index contributed by atoms with van der Waals surface area (Å²) in [7, 11) is 0. The molecule has 1 amide bonds. The number of hydrogen-bond acceptors (Lipinski definition) is 5. The molecule has 0 spiro atoms. The number of likely N-dealkylation sites (tertiary alicyclic amines) is 1. The SMILES string of the molecule is Cc1noc(C2CCN(C(=O)C3(N)CCCCC3)CC2)n1.Cl. The van der Waals surface area contributed by atoms with Crippen molar-refractivity contribution in [3.05, 3.63) is 11.7 Å². The highest BCUT2D eigenvalue weighted by Gasteiger charge is 2.39. The van der Waals surface area contributed by atoms with Crippen LogP contribution in [0.2, 0.25) is 0 Å². The molecule has 1 saturated heterocycles. The van der Waals surface area contributed by atoms with Crippen molar-refractivity contribution < 1.29 is 9.32 Å². The first-order chi connectivity index (χ1) is 10.1. The van der Waals surface area contributed by atoms with Crippen LogP contribution in [0.1, 0.15) is 62.6 Å². The first-order valence-electron chi connectivity index (χ1n) is 7.97. The van der Waals surface area contributed by atoms with Crippen molar-refractivity contribution in [2.45, 2.75) is 63.3 Å². The van der Waals surface area contributed by atoms with Crippen molar-refractivity contribution in [1.82, 2.24) is 15.0 Å². The number of aromatic nitrogens is 2. The Labute approximate surface area is 137 Å². The molecule has 2 N–H and O–H groups in total. The second-order valence-corrected chi connectivity index (χ2v) is 6.46. The molecule has 3 rings (SSSR count). The van der Waals surface area contributed by atoms with Gasteiger partial charge in [-0.3, -0.25) is 4.79 Å². The summed E-state index contributed by atoms with van der Waals surface area (Å²) in [6.45, 7) is 3.31. The lowest BCUT2D eigenvalue weighted by atomic mass is 9.81. The average Bonchev–Trinajstić information content (AvgIpc) is 2.94. The van der Waals surface area contributed by atoms with Crippen LogP contribution in [0.5, 0.6) is 0 Å². The first-order valence-corrected chi connectivity index (χ1v) is 7.97. The topological polar surface area (TPSA) is 85.2 Å². The molecule has 124 valence electrons. The van der Waals surface area contributed by atoms with E-state index in [2.05, 4.69) is 10.1 Å². The van der Waals surface area contributed by atoms with Gasteiger partial charge in [-0.2, -0.15) is 4.98 Å². The number of nitrogens with two attached hydrogens (primary N) is 1. The minimum atomic E-state index is -0.619. The largest absolute Gasteiger partial charge is 0.341 e. The van der Waals surface area contributed by atoms with Crippen LogP contribution in [0.25, 0.3) is 0 Å². The van der Waals surface area contributed by atoms with Gasteiger partial charge >= 0.3 is 0 Å². The zero-order chi connectivity index (χ0) is 14.9. The predicted octanol–water partition coefficient (Wildman–Crippen LogP) is 2.17. The Morgan fingerprint density at radius 3 is 2.45 bits per heavy atom. The fourth-order valence-corrected chi connectivity index (χ4v) is 3.52. The van der Waals surface area contributed by atoms with Crippen LogP contribution in [-0.4, -0.2) is 39.6 Å². The summed E-state index contributed by atoms with van der Waals surface area (Å²) in [5, 5.41) is 3.84. The van der Waals surface area contributed by atoms with Crippen LogP contribution in [0.4, 0.5) is 0 Å². The minimum Gasteiger partial charge on any atom is -0.341 e. The quantitative estimate of drug-likeness (QED) is 0.899. The highest BCUT2D eigenvalue weighted by Crippen LogP contribution is 2.31.